The lowest BCUT2D eigenvalue weighted by molar-refractivity contribution is 0.288. The van der Waals surface area contributed by atoms with Gasteiger partial charge in [-0.15, -0.1) is 24.0 Å². The third-order valence-electron chi connectivity index (χ3n) is 3.81. The number of hydrogen-bond acceptors (Lipinski definition) is 4. The van der Waals surface area contributed by atoms with Gasteiger partial charge < -0.3 is 15.4 Å². The first-order valence-corrected chi connectivity index (χ1v) is 8.25. The van der Waals surface area contributed by atoms with Crippen LogP contribution in [0.25, 0.3) is 0 Å². The van der Waals surface area contributed by atoms with Crippen LogP contribution < -0.4 is 15.4 Å². The summed E-state index contributed by atoms with van der Waals surface area (Å²) in [5, 5.41) is 6.54. The molecule has 1 aliphatic rings. The molecule has 0 saturated heterocycles. The van der Waals surface area contributed by atoms with E-state index in [0.717, 1.165) is 29.7 Å². The van der Waals surface area contributed by atoms with E-state index < -0.39 is 0 Å². The first-order chi connectivity index (χ1) is 11.8. The van der Waals surface area contributed by atoms with Gasteiger partial charge >= 0.3 is 0 Å². The van der Waals surface area contributed by atoms with Crippen LogP contribution in [0.15, 0.2) is 47.7 Å². The zero-order chi connectivity index (χ0) is 16.6. The van der Waals surface area contributed by atoms with Gasteiger partial charge in [-0.05, 0) is 42.5 Å². The number of aromatic nitrogens is 2. The zero-order valence-corrected chi connectivity index (χ0v) is 16.6. The highest BCUT2D eigenvalue weighted by Crippen LogP contribution is 2.29. The van der Waals surface area contributed by atoms with Crippen molar-refractivity contribution in [1.82, 2.24) is 20.6 Å². The normalized spacial score (nSPS) is 13.7. The highest BCUT2D eigenvalue weighted by molar-refractivity contribution is 14.0. The van der Waals surface area contributed by atoms with E-state index in [0.29, 0.717) is 19.0 Å². The Morgan fingerprint density at radius 2 is 2.00 bits per heavy atom. The Kier molecular flexibility index (Phi) is 7.90. The molecule has 1 saturated carbocycles. The van der Waals surface area contributed by atoms with Gasteiger partial charge in [0, 0.05) is 32.1 Å². The van der Waals surface area contributed by atoms with E-state index in [9.17, 15) is 0 Å². The zero-order valence-electron chi connectivity index (χ0n) is 14.3. The Bertz CT molecular complexity index is 676. The van der Waals surface area contributed by atoms with Crippen LogP contribution in [0.3, 0.4) is 0 Å². The first kappa shape index (κ1) is 19.4. The second-order valence-corrected chi connectivity index (χ2v) is 5.86. The van der Waals surface area contributed by atoms with E-state index >= 15 is 0 Å². The SMILES string of the molecule is CN=C(NCc1ccnc(OCC2CC2)c1)NCc1ccccn1.I. The van der Waals surface area contributed by atoms with Crippen molar-refractivity contribution in [3.8, 4) is 5.88 Å². The Balaban J connectivity index is 0.00000225. The molecule has 1 aliphatic carbocycles. The van der Waals surface area contributed by atoms with Gasteiger partial charge in [-0.3, -0.25) is 9.98 Å². The molecule has 2 heterocycles. The monoisotopic (exact) mass is 453 g/mol. The summed E-state index contributed by atoms with van der Waals surface area (Å²) in [6, 6.07) is 9.81. The molecule has 0 radical (unpaired) electrons. The summed E-state index contributed by atoms with van der Waals surface area (Å²) in [6.07, 6.45) is 6.12. The molecule has 3 rings (SSSR count). The van der Waals surface area contributed by atoms with Gasteiger partial charge in [0.1, 0.15) is 0 Å². The molecule has 134 valence electrons. The predicted molar refractivity (Wildman–Crippen MR) is 109 cm³/mol. The third-order valence-corrected chi connectivity index (χ3v) is 3.81. The fourth-order valence-electron chi connectivity index (χ4n) is 2.21. The number of hydrogen-bond donors (Lipinski definition) is 2. The van der Waals surface area contributed by atoms with Crippen LogP contribution in [-0.4, -0.2) is 29.6 Å². The molecule has 1 fully saturated rings. The summed E-state index contributed by atoms with van der Waals surface area (Å²) in [7, 11) is 1.75. The fraction of sp³-hybridized carbons (Fsp3) is 0.389. The molecule has 25 heavy (non-hydrogen) atoms. The third kappa shape index (κ3) is 6.85. The first-order valence-electron chi connectivity index (χ1n) is 8.25. The quantitative estimate of drug-likeness (QED) is 0.383. The maximum absolute atomic E-state index is 5.72. The largest absolute Gasteiger partial charge is 0.477 e. The average molecular weight is 453 g/mol. The number of rotatable bonds is 7. The maximum Gasteiger partial charge on any atom is 0.213 e. The maximum atomic E-state index is 5.72. The summed E-state index contributed by atoms with van der Waals surface area (Å²) in [5.74, 6) is 2.15. The van der Waals surface area contributed by atoms with Gasteiger partial charge in [0.25, 0.3) is 0 Å². The van der Waals surface area contributed by atoms with Crippen molar-refractivity contribution in [3.63, 3.8) is 0 Å². The van der Waals surface area contributed by atoms with Gasteiger partial charge in [0.15, 0.2) is 5.96 Å². The molecule has 7 heteroatoms. The van der Waals surface area contributed by atoms with E-state index in [-0.39, 0.29) is 24.0 Å². The summed E-state index contributed by atoms with van der Waals surface area (Å²) in [6.45, 7) is 2.06. The number of pyridine rings is 2. The minimum Gasteiger partial charge on any atom is -0.477 e. The lowest BCUT2D eigenvalue weighted by atomic mass is 10.2. The molecule has 0 aromatic carbocycles. The molecule has 6 nitrogen and oxygen atoms in total. The summed E-state index contributed by atoms with van der Waals surface area (Å²) < 4.78 is 5.72. The molecular weight excluding hydrogens is 429 g/mol. The molecule has 0 atom stereocenters. The summed E-state index contributed by atoms with van der Waals surface area (Å²) in [4.78, 5) is 12.8. The second kappa shape index (κ2) is 10.2. The Morgan fingerprint density at radius 3 is 2.72 bits per heavy atom. The van der Waals surface area contributed by atoms with Crippen molar-refractivity contribution >= 4 is 29.9 Å². The smallest absolute Gasteiger partial charge is 0.213 e. The van der Waals surface area contributed by atoms with Crippen LogP contribution >= 0.6 is 24.0 Å². The van der Waals surface area contributed by atoms with E-state index in [1.807, 2.05) is 30.3 Å². The van der Waals surface area contributed by atoms with Crippen LogP contribution in [0.4, 0.5) is 0 Å². The number of ether oxygens (including phenoxy) is 1. The minimum absolute atomic E-state index is 0. The number of halogens is 1. The Hall–Kier alpha value is -1.90. The fourth-order valence-corrected chi connectivity index (χ4v) is 2.21. The molecular formula is C18H24IN5O. The van der Waals surface area contributed by atoms with Crippen molar-refractivity contribution in [2.45, 2.75) is 25.9 Å². The summed E-state index contributed by atoms with van der Waals surface area (Å²) in [5.41, 5.74) is 2.08. The highest BCUT2D eigenvalue weighted by atomic mass is 127. The van der Waals surface area contributed by atoms with Crippen molar-refractivity contribution in [3.05, 3.63) is 54.0 Å². The van der Waals surface area contributed by atoms with Gasteiger partial charge in [-0.25, -0.2) is 4.98 Å². The lowest BCUT2D eigenvalue weighted by Gasteiger charge is -2.12. The number of nitrogens with one attached hydrogen (secondary N) is 2. The van der Waals surface area contributed by atoms with Crippen LogP contribution in [-0.2, 0) is 13.1 Å². The van der Waals surface area contributed by atoms with E-state index in [1.165, 1.54) is 12.8 Å². The van der Waals surface area contributed by atoms with Crippen molar-refractivity contribution < 1.29 is 4.74 Å². The molecule has 0 unspecified atom stereocenters. The molecule has 0 bridgehead atoms. The molecule has 2 aromatic heterocycles. The van der Waals surface area contributed by atoms with E-state index in [1.54, 1.807) is 19.4 Å². The average Bonchev–Trinajstić information content (AvgIpc) is 3.46. The van der Waals surface area contributed by atoms with Gasteiger partial charge in [0.2, 0.25) is 5.88 Å². The minimum atomic E-state index is 0. The van der Waals surface area contributed by atoms with Gasteiger partial charge in [-0.2, -0.15) is 0 Å². The highest BCUT2D eigenvalue weighted by Gasteiger charge is 2.22. The molecule has 0 aliphatic heterocycles. The standard InChI is InChI=1S/C18H23N5O.HI/c1-19-18(23-12-16-4-2-3-8-20-16)22-11-15-7-9-21-17(10-15)24-13-14-5-6-14;/h2-4,7-10,14H,5-6,11-13H2,1H3,(H2,19,22,23);1H. The summed E-state index contributed by atoms with van der Waals surface area (Å²) >= 11 is 0. The van der Waals surface area contributed by atoms with Crippen LogP contribution in [0.5, 0.6) is 5.88 Å². The molecule has 0 amide bonds. The molecule has 2 aromatic rings. The van der Waals surface area contributed by atoms with Gasteiger partial charge in [-0.1, -0.05) is 6.07 Å². The topological polar surface area (TPSA) is 71.4 Å². The number of guanidine groups is 1. The van der Waals surface area contributed by atoms with Crippen LogP contribution in [0.1, 0.15) is 24.1 Å². The van der Waals surface area contributed by atoms with Crippen molar-refractivity contribution in [2.24, 2.45) is 10.9 Å². The number of aliphatic imine (C=N–C) groups is 1. The van der Waals surface area contributed by atoms with E-state index in [4.69, 9.17) is 4.74 Å². The molecule has 2 N–H and O–H groups in total. The van der Waals surface area contributed by atoms with Crippen LogP contribution in [0, 0.1) is 5.92 Å². The van der Waals surface area contributed by atoms with Crippen molar-refractivity contribution in [1.29, 1.82) is 0 Å². The van der Waals surface area contributed by atoms with Crippen molar-refractivity contribution in [2.75, 3.05) is 13.7 Å². The van der Waals surface area contributed by atoms with E-state index in [2.05, 4.69) is 25.6 Å². The Morgan fingerprint density at radius 1 is 1.16 bits per heavy atom. The van der Waals surface area contributed by atoms with Gasteiger partial charge in [0.05, 0.1) is 18.8 Å². The molecule has 0 spiro atoms. The predicted octanol–water partition coefficient (Wildman–Crippen LogP) is 2.75. The number of nitrogens with zero attached hydrogens (tertiary/aromatic N) is 3. The lowest BCUT2D eigenvalue weighted by Crippen LogP contribution is -2.36. The Labute approximate surface area is 165 Å². The second-order valence-electron chi connectivity index (χ2n) is 5.86. The van der Waals surface area contributed by atoms with Crippen LogP contribution in [0.2, 0.25) is 0 Å².